The molecule has 1 saturated heterocycles. The van der Waals surface area contributed by atoms with Crippen molar-refractivity contribution in [3.05, 3.63) is 34.1 Å². The van der Waals surface area contributed by atoms with Crippen molar-refractivity contribution in [3.8, 4) is 0 Å². The lowest BCUT2D eigenvalue weighted by atomic mass is 9.84. The summed E-state index contributed by atoms with van der Waals surface area (Å²) in [6, 6.07) is 5.53. The minimum absolute atomic E-state index is 0.131. The molecular formula is C17H25BrFNO. The van der Waals surface area contributed by atoms with Crippen LogP contribution in [0.3, 0.4) is 0 Å². The Balaban J connectivity index is 2.13. The highest BCUT2D eigenvalue weighted by Gasteiger charge is 2.36. The highest BCUT2D eigenvalue weighted by Crippen LogP contribution is 2.30. The summed E-state index contributed by atoms with van der Waals surface area (Å²) < 4.78 is 20.0. The van der Waals surface area contributed by atoms with Crippen LogP contribution < -0.4 is 5.32 Å². The monoisotopic (exact) mass is 357 g/mol. The van der Waals surface area contributed by atoms with E-state index in [0.29, 0.717) is 4.47 Å². The third-order valence-corrected chi connectivity index (χ3v) is 4.91. The Hall–Kier alpha value is -0.450. The van der Waals surface area contributed by atoms with Gasteiger partial charge in [0.15, 0.2) is 0 Å². The Morgan fingerprint density at radius 3 is 2.86 bits per heavy atom. The number of nitrogens with one attached hydrogen (secondary N) is 1. The maximum atomic E-state index is 13.4. The predicted molar refractivity (Wildman–Crippen MR) is 88.1 cm³/mol. The third-order valence-electron chi connectivity index (χ3n) is 4.30. The molecule has 2 unspecified atom stereocenters. The van der Waals surface area contributed by atoms with Crippen LogP contribution in [0.1, 0.15) is 45.1 Å². The van der Waals surface area contributed by atoms with Crippen LogP contribution in [0.25, 0.3) is 0 Å². The molecule has 1 aliphatic heterocycles. The summed E-state index contributed by atoms with van der Waals surface area (Å²) in [5, 5.41) is 3.63. The largest absolute Gasteiger partial charge is 0.374 e. The van der Waals surface area contributed by atoms with Gasteiger partial charge in [-0.15, -0.1) is 0 Å². The number of hydrogen-bond donors (Lipinski definition) is 1. The minimum atomic E-state index is -0.211. The van der Waals surface area contributed by atoms with Gasteiger partial charge in [0.05, 0.1) is 10.1 Å². The molecule has 21 heavy (non-hydrogen) atoms. The second kappa shape index (κ2) is 7.70. The van der Waals surface area contributed by atoms with Crippen LogP contribution in [0.5, 0.6) is 0 Å². The Bertz CT molecular complexity index is 460. The van der Waals surface area contributed by atoms with E-state index in [2.05, 4.69) is 35.1 Å². The van der Waals surface area contributed by atoms with E-state index in [9.17, 15) is 4.39 Å². The van der Waals surface area contributed by atoms with Gasteiger partial charge in [-0.05, 0) is 79.2 Å². The summed E-state index contributed by atoms with van der Waals surface area (Å²) >= 11 is 3.27. The Labute approximate surface area is 135 Å². The van der Waals surface area contributed by atoms with E-state index in [0.717, 1.165) is 44.4 Å². The summed E-state index contributed by atoms with van der Waals surface area (Å²) in [5.41, 5.74) is 1.00. The molecule has 1 aromatic carbocycles. The van der Waals surface area contributed by atoms with Crippen LogP contribution in [0, 0.1) is 5.82 Å². The van der Waals surface area contributed by atoms with Crippen LogP contribution in [0.4, 0.5) is 4.39 Å². The van der Waals surface area contributed by atoms with Crippen molar-refractivity contribution in [1.82, 2.24) is 5.32 Å². The molecule has 1 heterocycles. The van der Waals surface area contributed by atoms with Crippen molar-refractivity contribution in [3.63, 3.8) is 0 Å². The number of rotatable bonds is 6. The van der Waals surface area contributed by atoms with Crippen molar-refractivity contribution < 1.29 is 9.13 Å². The first-order valence-electron chi connectivity index (χ1n) is 7.86. The maximum Gasteiger partial charge on any atom is 0.137 e. The van der Waals surface area contributed by atoms with Crippen molar-refractivity contribution >= 4 is 15.9 Å². The average molecular weight is 358 g/mol. The topological polar surface area (TPSA) is 21.3 Å². The van der Waals surface area contributed by atoms with Crippen LogP contribution in [0.15, 0.2) is 22.7 Å². The SMILES string of the molecule is CCCNC(Cc1ccc(F)c(Br)c1)C1(C)CCCCO1. The molecule has 0 bridgehead atoms. The number of hydrogen-bond acceptors (Lipinski definition) is 2. The molecule has 0 aromatic heterocycles. The molecule has 0 spiro atoms. The van der Waals surface area contributed by atoms with Gasteiger partial charge >= 0.3 is 0 Å². The van der Waals surface area contributed by atoms with Gasteiger partial charge in [0.25, 0.3) is 0 Å². The molecule has 0 radical (unpaired) electrons. The molecule has 2 atom stereocenters. The first-order valence-corrected chi connectivity index (χ1v) is 8.66. The van der Waals surface area contributed by atoms with Gasteiger partial charge in [0, 0.05) is 12.6 Å². The molecule has 0 aliphatic carbocycles. The van der Waals surface area contributed by atoms with Gasteiger partial charge in [0.1, 0.15) is 5.82 Å². The standard InChI is InChI=1S/C17H25BrFNO/c1-3-9-20-16(17(2)8-4-5-10-21-17)12-13-6-7-15(19)14(18)11-13/h6-7,11,16,20H,3-5,8-10,12H2,1-2H3. The highest BCUT2D eigenvalue weighted by atomic mass is 79.9. The average Bonchev–Trinajstić information content (AvgIpc) is 2.47. The Morgan fingerprint density at radius 2 is 2.24 bits per heavy atom. The zero-order valence-electron chi connectivity index (χ0n) is 12.9. The van der Waals surface area contributed by atoms with Crippen molar-refractivity contribution in [2.45, 2.75) is 57.6 Å². The van der Waals surface area contributed by atoms with E-state index in [4.69, 9.17) is 4.74 Å². The number of benzene rings is 1. The molecule has 1 aromatic rings. The second-order valence-corrected chi connectivity index (χ2v) is 6.93. The molecule has 2 nitrogen and oxygen atoms in total. The van der Waals surface area contributed by atoms with Crippen LogP contribution in [-0.4, -0.2) is 24.8 Å². The number of ether oxygens (including phenoxy) is 1. The summed E-state index contributed by atoms with van der Waals surface area (Å²) in [6.45, 7) is 6.19. The molecule has 1 fully saturated rings. The zero-order valence-corrected chi connectivity index (χ0v) is 14.5. The van der Waals surface area contributed by atoms with E-state index >= 15 is 0 Å². The van der Waals surface area contributed by atoms with E-state index in [1.165, 1.54) is 12.5 Å². The summed E-state index contributed by atoms with van der Waals surface area (Å²) in [7, 11) is 0. The van der Waals surface area contributed by atoms with E-state index in [1.54, 1.807) is 0 Å². The lowest BCUT2D eigenvalue weighted by molar-refractivity contribution is -0.0883. The molecule has 118 valence electrons. The lowest BCUT2D eigenvalue weighted by Gasteiger charge is -2.41. The molecule has 0 amide bonds. The van der Waals surface area contributed by atoms with Crippen LogP contribution >= 0.6 is 15.9 Å². The van der Waals surface area contributed by atoms with E-state index in [-0.39, 0.29) is 17.5 Å². The predicted octanol–water partition coefficient (Wildman–Crippen LogP) is 4.46. The van der Waals surface area contributed by atoms with Gasteiger partial charge < -0.3 is 10.1 Å². The lowest BCUT2D eigenvalue weighted by Crippen LogP contribution is -2.53. The second-order valence-electron chi connectivity index (χ2n) is 6.08. The molecule has 1 aliphatic rings. The van der Waals surface area contributed by atoms with Gasteiger partial charge in [-0.25, -0.2) is 4.39 Å². The molecule has 1 N–H and O–H groups in total. The van der Waals surface area contributed by atoms with Crippen LogP contribution in [-0.2, 0) is 11.2 Å². The van der Waals surface area contributed by atoms with Gasteiger partial charge in [-0.3, -0.25) is 0 Å². The molecule has 4 heteroatoms. The smallest absolute Gasteiger partial charge is 0.137 e. The first kappa shape index (κ1) is 16.9. The van der Waals surface area contributed by atoms with Crippen molar-refractivity contribution in [2.75, 3.05) is 13.2 Å². The fraction of sp³-hybridized carbons (Fsp3) is 0.647. The fourth-order valence-corrected chi connectivity index (χ4v) is 3.38. The minimum Gasteiger partial charge on any atom is -0.374 e. The molecular weight excluding hydrogens is 333 g/mol. The Morgan fingerprint density at radius 1 is 1.43 bits per heavy atom. The Kier molecular flexibility index (Phi) is 6.20. The van der Waals surface area contributed by atoms with E-state index < -0.39 is 0 Å². The van der Waals surface area contributed by atoms with Crippen LogP contribution in [0.2, 0.25) is 0 Å². The molecule has 0 saturated carbocycles. The quantitative estimate of drug-likeness (QED) is 0.811. The van der Waals surface area contributed by atoms with Gasteiger partial charge in [-0.1, -0.05) is 13.0 Å². The number of halogens is 2. The summed E-state index contributed by atoms with van der Waals surface area (Å²) in [6.07, 6.45) is 5.40. The summed E-state index contributed by atoms with van der Waals surface area (Å²) in [4.78, 5) is 0. The van der Waals surface area contributed by atoms with E-state index in [1.807, 2.05) is 12.1 Å². The first-order chi connectivity index (χ1) is 10.0. The normalized spacial score (nSPS) is 24.0. The highest BCUT2D eigenvalue weighted by molar-refractivity contribution is 9.10. The van der Waals surface area contributed by atoms with Gasteiger partial charge in [0.2, 0.25) is 0 Å². The fourth-order valence-electron chi connectivity index (χ4n) is 2.96. The zero-order chi connectivity index (χ0) is 15.3. The van der Waals surface area contributed by atoms with Crippen molar-refractivity contribution in [1.29, 1.82) is 0 Å². The third kappa shape index (κ3) is 4.51. The molecule has 2 rings (SSSR count). The maximum absolute atomic E-state index is 13.4. The van der Waals surface area contributed by atoms with Crippen molar-refractivity contribution in [2.24, 2.45) is 0 Å². The summed E-state index contributed by atoms with van der Waals surface area (Å²) in [5.74, 6) is -0.211. The van der Waals surface area contributed by atoms with Gasteiger partial charge in [-0.2, -0.15) is 0 Å².